The molecule has 3 aliphatic heterocycles. The molecule has 23 nitrogen and oxygen atoms in total. The highest BCUT2D eigenvalue weighted by molar-refractivity contribution is 7.91. The van der Waals surface area contributed by atoms with Crippen molar-refractivity contribution in [1.29, 1.82) is 0 Å². The summed E-state index contributed by atoms with van der Waals surface area (Å²) in [7, 11) is -4.85. The molecule has 2 bridgehead atoms. The lowest BCUT2D eigenvalue weighted by Gasteiger charge is -2.32. The van der Waals surface area contributed by atoms with Crippen LogP contribution < -0.4 is 37.1 Å². The molecule has 0 spiro atoms. The van der Waals surface area contributed by atoms with E-state index in [0.29, 0.717) is 18.8 Å². The molecule has 3 aliphatic rings. The number of fused-ring (bicyclic) bond motifs is 5. The number of carbonyl (C=O) groups excluding carboxylic acids is 9. The number of aliphatic hydroxyl groups excluding tert-OH is 3. The van der Waals surface area contributed by atoms with Gasteiger partial charge in [-0.05, 0) is 48.3 Å². The van der Waals surface area contributed by atoms with E-state index in [1.54, 1.807) is 32.0 Å². The van der Waals surface area contributed by atoms with Crippen molar-refractivity contribution in [1.82, 2.24) is 36.5 Å². The fourth-order valence-electron chi connectivity index (χ4n) is 9.78. The zero-order valence-electron chi connectivity index (χ0n) is 43.7. The summed E-state index contributed by atoms with van der Waals surface area (Å²) in [5.41, 5.74) is 5.92. The molecule has 1 fully saturated rings. The smallest absolute Gasteiger partial charge is 0.243 e. The predicted molar refractivity (Wildman–Crippen MR) is 272 cm³/mol. The summed E-state index contributed by atoms with van der Waals surface area (Å²) < 4.78 is 36.2. The number of amides is 7. The van der Waals surface area contributed by atoms with Crippen molar-refractivity contribution in [2.75, 3.05) is 38.6 Å². The van der Waals surface area contributed by atoms with Gasteiger partial charge in [-0.1, -0.05) is 67.2 Å². The number of hydrogen-bond acceptors (Lipinski definition) is 15. The third-order valence-electron chi connectivity index (χ3n) is 14.3. The Labute approximate surface area is 436 Å². The molecule has 0 unspecified atom stereocenters. The minimum absolute atomic E-state index is 0.0574. The van der Waals surface area contributed by atoms with Crippen molar-refractivity contribution < 1.29 is 71.6 Å². The molecular formula is C51H76N8O15S. The Kier molecular flexibility index (Phi) is 20.9. The standard InChI is InChI=1S/C51H76N8O15S/c1-7-27(2)44-48(70)54-22-42(66)55-36-26-75(72,73)49-34(33-13-12-32(21-35(33)56-49)74-15-11-9-8-10-14-51(4,5)6)16-29(46(68)53-23-43(67)57-44)17-39(63)45(28(3)40(64)25-60)58-47(69)37-20-31(61)24-59(37)50(71)30(18-38(36)62)19-41(52)65/h12-13,21,27-31,36-37,40,44-45,56,60-61,64H,7-11,14-20,22-26H2,1-6H3,(H2,52,65)(H,53,68)(H,54,70)(H,55,66)(H,57,67)(H,58,69)/t27-,28-,29+,30-,31+,36-,37-,40-,44-,45-/m0/s1. The van der Waals surface area contributed by atoms with Gasteiger partial charge in [0.2, 0.25) is 41.4 Å². The topological polar surface area (TPSA) is 363 Å². The van der Waals surface area contributed by atoms with Gasteiger partial charge in [-0.3, -0.25) is 43.2 Å². The van der Waals surface area contributed by atoms with Crippen LogP contribution in [0.3, 0.4) is 0 Å². The number of ketones is 2. The molecular weight excluding hydrogens is 997 g/mol. The maximum atomic E-state index is 15.1. The van der Waals surface area contributed by atoms with Crippen LogP contribution in [0.15, 0.2) is 23.2 Å². The fourth-order valence-corrected chi connectivity index (χ4v) is 11.5. The molecule has 75 heavy (non-hydrogen) atoms. The number of Topliss-reactive ketones (excluding diaryl/α,β-unsaturated/α-hetero) is 2. The predicted octanol–water partition coefficient (Wildman–Crippen LogP) is -0.403. The second-order valence-electron chi connectivity index (χ2n) is 21.6. The zero-order valence-corrected chi connectivity index (χ0v) is 44.5. The highest BCUT2D eigenvalue weighted by atomic mass is 32.2. The quantitative estimate of drug-likeness (QED) is 0.108. The molecule has 2 aromatic rings. The summed E-state index contributed by atoms with van der Waals surface area (Å²) in [5.74, 6) is -14.7. The number of aromatic amines is 1. The van der Waals surface area contributed by atoms with E-state index in [2.05, 4.69) is 52.3 Å². The molecule has 5 rings (SSSR count). The van der Waals surface area contributed by atoms with E-state index in [9.17, 15) is 58.5 Å². The molecule has 10 atom stereocenters. The Hall–Kier alpha value is -5.98. The zero-order chi connectivity index (χ0) is 55.5. The Morgan fingerprint density at radius 3 is 2.19 bits per heavy atom. The Morgan fingerprint density at radius 1 is 0.867 bits per heavy atom. The molecule has 4 heterocycles. The van der Waals surface area contributed by atoms with Gasteiger partial charge in [-0.2, -0.15) is 0 Å². The lowest BCUT2D eigenvalue weighted by molar-refractivity contribution is -0.145. The maximum absolute atomic E-state index is 15.1. The number of sulfone groups is 1. The molecule has 1 aromatic carbocycles. The van der Waals surface area contributed by atoms with Gasteiger partial charge in [0, 0.05) is 55.5 Å². The molecule has 1 saturated heterocycles. The van der Waals surface area contributed by atoms with Crippen LogP contribution in [-0.2, 0) is 59.4 Å². The lowest BCUT2D eigenvalue weighted by Crippen LogP contribution is -2.56. The molecule has 0 radical (unpaired) electrons. The molecule has 24 heteroatoms. The SMILES string of the molecule is CC[C@H](C)[C@@H]1NC(=O)CNC(=O)[C@H]2CC(=O)[C@H]([C@@H](C)[C@@H](O)CO)NC(=O)[C@@H]3C[C@@H](O)CN3C(=O)[C@H](CC(N)=O)CC(=O)[C@H](CS(=O)(=O)c3[nH]c4cc(OCCCCCCC(C)(C)C)ccc4c3C2)NC(=O)CNC1=O. The van der Waals surface area contributed by atoms with Crippen molar-refractivity contribution in [2.24, 2.45) is 34.8 Å². The molecule has 7 amide bonds. The van der Waals surface area contributed by atoms with Crippen molar-refractivity contribution in [2.45, 2.75) is 154 Å². The van der Waals surface area contributed by atoms with Crippen molar-refractivity contribution >= 4 is 73.7 Å². The maximum Gasteiger partial charge on any atom is 0.243 e. The molecule has 0 aliphatic carbocycles. The Morgan fingerprint density at radius 2 is 1.53 bits per heavy atom. The first kappa shape index (κ1) is 59.9. The van der Waals surface area contributed by atoms with E-state index < -0.39 is 192 Å². The van der Waals surface area contributed by atoms with E-state index in [1.165, 1.54) is 6.92 Å². The van der Waals surface area contributed by atoms with E-state index in [1.807, 2.05) is 0 Å². The number of nitrogens with one attached hydrogen (secondary N) is 6. The van der Waals surface area contributed by atoms with Crippen molar-refractivity contribution in [3.05, 3.63) is 23.8 Å². The molecule has 416 valence electrons. The van der Waals surface area contributed by atoms with Gasteiger partial charge in [0.1, 0.15) is 28.9 Å². The van der Waals surface area contributed by atoms with Gasteiger partial charge < -0.3 is 62.3 Å². The number of primary amides is 1. The van der Waals surface area contributed by atoms with E-state index in [-0.39, 0.29) is 21.9 Å². The molecule has 1 aromatic heterocycles. The molecule has 11 N–H and O–H groups in total. The summed E-state index contributed by atoms with van der Waals surface area (Å²) in [4.78, 5) is 130. The van der Waals surface area contributed by atoms with Crippen LogP contribution in [0, 0.1) is 29.1 Å². The van der Waals surface area contributed by atoms with Gasteiger partial charge in [0.25, 0.3) is 0 Å². The minimum atomic E-state index is -4.85. The largest absolute Gasteiger partial charge is 0.494 e. The number of hydrogen-bond donors (Lipinski definition) is 10. The monoisotopic (exact) mass is 1070 g/mol. The van der Waals surface area contributed by atoms with Crippen molar-refractivity contribution in [3.63, 3.8) is 0 Å². The van der Waals surface area contributed by atoms with Crippen LogP contribution in [0.2, 0.25) is 0 Å². The number of aliphatic hydroxyl groups is 3. The normalized spacial score (nSPS) is 26.2. The summed E-state index contributed by atoms with van der Waals surface area (Å²) in [6, 6.07) is -1.82. The first-order chi connectivity index (χ1) is 35.2. The summed E-state index contributed by atoms with van der Waals surface area (Å²) in [5, 5.41) is 43.8. The molecule has 0 saturated carbocycles. The highest BCUT2D eigenvalue weighted by Crippen LogP contribution is 2.34. The number of nitrogens with two attached hydrogens (primary N) is 1. The van der Waals surface area contributed by atoms with Crippen LogP contribution in [0.1, 0.15) is 111 Å². The van der Waals surface area contributed by atoms with Crippen LogP contribution in [0.25, 0.3) is 10.9 Å². The minimum Gasteiger partial charge on any atom is -0.494 e. The van der Waals surface area contributed by atoms with Gasteiger partial charge in [0.05, 0.1) is 61.7 Å². The third kappa shape index (κ3) is 16.3. The highest BCUT2D eigenvalue weighted by Gasteiger charge is 2.45. The number of nitrogens with zero attached hydrogens (tertiary/aromatic N) is 1. The number of carbonyl (C=O) groups is 9. The van der Waals surface area contributed by atoms with E-state index in [0.717, 1.165) is 37.0 Å². The van der Waals surface area contributed by atoms with Crippen LogP contribution >= 0.6 is 0 Å². The number of ether oxygens (including phenoxy) is 1. The second kappa shape index (κ2) is 26.2. The van der Waals surface area contributed by atoms with Gasteiger partial charge in [0.15, 0.2) is 21.4 Å². The third-order valence-corrected chi connectivity index (χ3v) is 16.1. The van der Waals surface area contributed by atoms with Crippen LogP contribution in [-0.4, -0.2) is 162 Å². The Bertz CT molecular complexity index is 2560. The first-order valence-electron chi connectivity index (χ1n) is 25.8. The fraction of sp³-hybridized carbons (Fsp3) is 0.667. The average Bonchev–Trinajstić information content (AvgIpc) is 3.92. The van der Waals surface area contributed by atoms with Crippen LogP contribution in [0.4, 0.5) is 0 Å². The van der Waals surface area contributed by atoms with E-state index in [4.69, 9.17) is 10.5 Å². The lowest BCUT2D eigenvalue weighted by atomic mass is 9.85. The summed E-state index contributed by atoms with van der Waals surface area (Å²) in [6.45, 7) is 8.65. The van der Waals surface area contributed by atoms with Gasteiger partial charge in [-0.15, -0.1) is 0 Å². The van der Waals surface area contributed by atoms with Gasteiger partial charge >= 0.3 is 0 Å². The summed E-state index contributed by atoms with van der Waals surface area (Å²) in [6.07, 6.45) is -1.36. The van der Waals surface area contributed by atoms with Crippen molar-refractivity contribution in [3.8, 4) is 5.75 Å². The number of benzene rings is 1. The second-order valence-corrected chi connectivity index (χ2v) is 23.6. The first-order valence-corrected chi connectivity index (χ1v) is 27.4. The summed E-state index contributed by atoms with van der Waals surface area (Å²) >= 11 is 0. The number of H-pyrrole nitrogens is 1. The van der Waals surface area contributed by atoms with Gasteiger partial charge in [-0.25, -0.2) is 8.42 Å². The number of aromatic nitrogens is 1. The Balaban J connectivity index is 1.71. The van der Waals surface area contributed by atoms with Crippen LogP contribution in [0.5, 0.6) is 5.75 Å². The number of rotatable bonds is 14. The average molecular weight is 1070 g/mol. The van der Waals surface area contributed by atoms with E-state index >= 15 is 8.42 Å². The number of unbranched alkanes of at least 4 members (excludes halogenated alkanes) is 3.